The van der Waals surface area contributed by atoms with E-state index in [4.69, 9.17) is 11.6 Å². The minimum absolute atomic E-state index is 0.0290. The third-order valence-electron chi connectivity index (χ3n) is 4.92. The Morgan fingerprint density at radius 3 is 2.54 bits per heavy atom. The molecule has 0 saturated carbocycles. The van der Waals surface area contributed by atoms with Gasteiger partial charge in [-0.3, -0.25) is 4.79 Å². The van der Waals surface area contributed by atoms with E-state index in [0.717, 1.165) is 43.0 Å². The van der Waals surface area contributed by atoms with Crippen molar-refractivity contribution in [1.82, 2.24) is 25.0 Å². The van der Waals surface area contributed by atoms with Gasteiger partial charge in [-0.15, -0.1) is 10.2 Å². The van der Waals surface area contributed by atoms with Gasteiger partial charge in [-0.2, -0.15) is 5.10 Å². The van der Waals surface area contributed by atoms with Crippen molar-refractivity contribution in [3.63, 3.8) is 0 Å². The molecule has 4 rings (SSSR count). The van der Waals surface area contributed by atoms with E-state index in [1.807, 2.05) is 31.2 Å². The first-order chi connectivity index (χ1) is 13.6. The van der Waals surface area contributed by atoms with Crippen LogP contribution in [0.1, 0.15) is 18.4 Å². The van der Waals surface area contributed by atoms with Crippen LogP contribution < -0.4 is 10.2 Å². The molecule has 0 aliphatic carbocycles. The molecule has 3 heterocycles. The molecule has 1 aromatic carbocycles. The highest BCUT2D eigenvalue weighted by Crippen LogP contribution is 2.25. The Morgan fingerprint density at radius 2 is 1.89 bits per heavy atom. The molecule has 1 fully saturated rings. The number of carbonyl (C=O) groups excluding carboxylic acids is 1. The first-order valence-corrected chi connectivity index (χ1v) is 9.48. The van der Waals surface area contributed by atoms with Crippen molar-refractivity contribution >= 4 is 29.0 Å². The number of rotatable bonds is 4. The monoisotopic (exact) mass is 397 g/mol. The van der Waals surface area contributed by atoms with Gasteiger partial charge >= 0.3 is 0 Å². The molecule has 1 aliphatic heterocycles. The van der Waals surface area contributed by atoms with Gasteiger partial charge < -0.3 is 10.2 Å². The van der Waals surface area contributed by atoms with Gasteiger partial charge in [-0.25, -0.2) is 9.67 Å². The van der Waals surface area contributed by atoms with Gasteiger partial charge in [-0.05, 0) is 49.6 Å². The summed E-state index contributed by atoms with van der Waals surface area (Å²) >= 11 is 6.13. The number of nitrogens with zero attached hydrogens (tertiary/aromatic N) is 6. The summed E-state index contributed by atoms with van der Waals surface area (Å²) in [5.41, 5.74) is 1.72. The molecule has 1 N–H and O–H groups in total. The lowest BCUT2D eigenvalue weighted by Gasteiger charge is -2.31. The van der Waals surface area contributed by atoms with Crippen LogP contribution in [0.2, 0.25) is 5.02 Å². The molecular formula is C19H20ClN7O. The van der Waals surface area contributed by atoms with Crippen LogP contribution in [-0.2, 0) is 4.79 Å². The van der Waals surface area contributed by atoms with E-state index in [1.165, 1.54) is 6.33 Å². The summed E-state index contributed by atoms with van der Waals surface area (Å²) in [4.78, 5) is 18.6. The van der Waals surface area contributed by atoms with Crippen molar-refractivity contribution in [3.8, 4) is 5.82 Å². The number of piperidine rings is 1. The van der Waals surface area contributed by atoms with Crippen LogP contribution in [0.5, 0.6) is 0 Å². The van der Waals surface area contributed by atoms with Gasteiger partial charge in [0.25, 0.3) is 0 Å². The number of aromatic nitrogens is 5. The predicted octanol–water partition coefficient (Wildman–Crippen LogP) is 2.87. The third-order valence-corrected chi connectivity index (χ3v) is 5.33. The van der Waals surface area contributed by atoms with Crippen LogP contribution in [0.4, 0.5) is 11.5 Å². The third kappa shape index (κ3) is 3.96. The molecule has 9 heteroatoms. The first kappa shape index (κ1) is 18.4. The maximum Gasteiger partial charge on any atom is 0.227 e. The molecular weight excluding hydrogens is 378 g/mol. The minimum Gasteiger partial charge on any atom is -0.355 e. The summed E-state index contributed by atoms with van der Waals surface area (Å²) in [6.07, 6.45) is 4.56. The molecule has 1 aliphatic rings. The van der Waals surface area contributed by atoms with E-state index in [-0.39, 0.29) is 11.8 Å². The Bertz CT molecular complexity index is 951. The number of halogens is 1. The Balaban J connectivity index is 1.33. The summed E-state index contributed by atoms with van der Waals surface area (Å²) in [6, 6.07) is 9.34. The Labute approximate surface area is 167 Å². The molecule has 0 bridgehead atoms. The number of amides is 1. The Hall–Kier alpha value is -3.00. The molecule has 0 atom stereocenters. The highest BCUT2D eigenvalue weighted by molar-refractivity contribution is 6.31. The van der Waals surface area contributed by atoms with E-state index in [1.54, 1.807) is 17.1 Å². The maximum absolute atomic E-state index is 12.6. The summed E-state index contributed by atoms with van der Waals surface area (Å²) in [5, 5.41) is 16.1. The number of hydrogen-bond donors (Lipinski definition) is 1. The molecule has 2 aromatic heterocycles. The van der Waals surface area contributed by atoms with Crippen LogP contribution in [0.15, 0.2) is 43.0 Å². The lowest BCUT2D eigenvalue weighted by Crippen LogP contribution is -2.38. The molecule has 28 heavy (non-hydrogen) atoms. The molecule has 3 aromatic rings. The van der Waals surface area contributed by atoms with E-state index in [9.17, 15) is 4.79 Å². The number of nitrogens with one attached hydrogen (secondary N) is 1. The van der Waals surface area contributed by atoms with Gasteiger partial charge in [0.15, 0.2) is 11.6 Å². The van der Waals surface area contributed by atoms with Crippen molar-refractivity contribution in [3.05, 3.63) is 53.6 Å². The first-order valence-electron chi connectivity index (χ1n) is 9.11. The molecule has 0 unspecified atom stereocenters. The SMILES string of the molecule is Cc1ccc(NC(=O)C2CCN(c3ccc(-n4cncn4)nn3)CC2)cc1Cl. The molecule has 0 radical (unpaired) electrons. The number of benzene rings is 1. The van der Waals surface area contributed by atoms with Crippen LogP contribution >= 0.6 is 11.6 Å². The van der Waals surface area contributed by atoms with Gasteiger partial charge in [0.1, 0.15) is 12.7 Å². The standard InChI is InChI=1S/C19H20ClN7O/c1-13-2-3-15(10-16(13)20)23-19(28)14-6-8-26(9-7-14)17-4-5-18(25-24-17)27-12-21-11-22-27/h2-5,10-12,14H,6-9H2,1H3,(H,23,28). The van der Waals surface area contributed by atoms with Crippen molar-refractivity contribution < 1.29 is 4.79 Å². The Kier molecular flexibility index (Phi) is 5.21. The van der Waals surface area contributed by atoms with Crippen LogP contribution in [0.3, 0.4) is 0 Å². The van der Waals surface area contributed by atoms with Crippen LogP contribution in [0, 0.1) is 12.8 Å². The zero-order chi connectivity index (χ0) is 19.5. The summed E-state index contributed by atoms with van der Waals surface area (Å²) in [6.45, 7) is 3.44. The normalized spacial score (nSPS) is 14.9. The van der Waals surface area contributed by atoms with Crippen molar-refractivity contribution in [2.24, 2.45) is 5.92 Å². The van der Waals surface area contributed by atoms with Crippen LogP contribution in [-0.4, -0.2) is 44.0 Å². The van der Waals surface area contributed by atoms with Gasteiger partial charge in [0.05, 0.1) is 0 Å². The van der Waals surface area contributed by atoms with Crippen molar-refractivity contribution in [2.75, 3.05) is 23.3 Å². The number of hydrogen-bond acceptors (Lipinski definition) is 6. The molecule has 144 valence electrons. The second kappa shape index (κ2) is 7.93. The number of aryl methyl sites for hydroxylation is 1. The molecule has 1 saturated heterocycles. The smallest absolute Gasteiger partial charge is 0.227 e. The average Bonchev–Trinajstić information content (AvgIpc) is 3.26. The van der Waals surface area contributed by atoms with E-state index < -0.39 is 0 Å². The van der Waals surface area contributed by atoms with E-state index >= 15 is 0 Å². The van der Waals surface area contributed by atoms with Gasteiger partial charge in [0, 0.05) is 29.7 Å². The number of anilines is 2. The number of carbonyl (C=O) groups is 1. The zero-order valence-electron chi connectivity index (χ0n) is 15.4. The summed E-state index contributed by atoms with van der Waals surface area (Å²) < 4.78 is 1.56. The van der Waals surface area contributed by atoms with E-state index in [0.29, 0.717) is 10.8 Å². The second-order valence-electron chi connectivity index (χ2n) is 6.80. The van der Waals surface area contributed by atoms with Crippen molar-refractivity contribution in [1.29, 1.82) is 0 Å². The lowest BCUT2D eigenvalue weighted by molar-refractivity contribution is -0.120. The lowest BCUT2D eigenvalue weighted by atomic mass is 9.95. The fourth-order valence-electron chi connectivity index (χ4n) is 3.22. The minimum atomic E-state index is -0.0290. The highest BCUT2D eigenvalue weighted by Gasteiger charge is 2.26. The fraction of sp³-hybridized carbons (Fsp3) is 0.316. The average molecular weight is 398 g/mol. The zero-order valence-corrected chi connectivity index (χ0v) is 16.2. The summed E-state index contributed by atoms with van der Waals surface area (Å²) in [5.74, 6) is 1.42. The topological polar surface area (TPSA) is 88.8 Å². The second-order valence-corrected chi connectivity index (χ2v) is 7.21. The fourth-order valence-corrected chi connectivity index (χ4v) is 3.40. The molecule has 0 spiro atoms. The predicted molar refractivity (Wildman–Crippen MR) is 107 cm³/mol. The van der Waals surface area contributed by atoms with E-state index in [2.05, 4.69) is 30.5 Å². The molecule has 8 nitrogen and oxygen atoms in total. The molecule has 1 amide bonds. The van der Waals surface area contributed by atoms with Gasteiger partial charge in [-0.1, -0.05) is 17.7 Å². The van der Waals surface area contributed by atoms with Crippen LogP contribution in [0.25, 0.3) is 5.82 Å². The quantitative estimate of drug-likeness (QED) is 0.728. The van der Waals surface area contributed by atoms with Gasteiger partial charge in [0.2, 0.25) is 5.91 Å². The largest absolute Gasteiger partial charge is 0.355 e. The summed E-state index contributed by atoms with van der Waals surface area (Å²) in [7, 11) is 0. The Morgan fingerprint density at radius 1 is 1.14 bits per heavy atom. The highest BCUT2D eigenvalue weighted by atomic mass is 35.5. The van der Waals surface area contributed by atoms with Crippen molar-refractivity contribution in [2.45, 2.75) is 19.8 Å². The maximum atomic E-state index is 12.6.